The maximum atomic E-state index is 2.30. The Balaban J connectivity index is 0. The van der Waals surface area contributed by atoms with E-state index in [4.69, 9.17) is 0 Å². The zero-order chi connectivity index (χ0) is 10.1. The van der Waals surface area contributed by atoms with Gasteiger partial charge in [-0.3, -0.25) is 0 Å². The van der Waals surface area contributed by atoms with Gasteiger partial charge in [-0.2, -0.15) is 0 Å². The summed E-state index contributed by atoms with van der Waals surface area (Å²) in [5.74, 6) is 2.99. The molecule has 0 aromatic carbocycles. The van der Waals surface area contributed by atoms with Crippen LogP contribution in [0.4, 0.5) is 0 Å². The molecule has 0 radical (unpaired) electrons. The Bertz CT molecular complexity index is 64.1. The van der Waals surface area contributed by atoms with Gasteiger partial charge in [0.2, 0.25) is 0 Å². The lowest BCUT2D eigenvalue weighted by atomic mass is 10.2. The number of hydrogen-bond donors (Lipinski definition) is 0. The van der Waals surface area contributed by atoms with E-state index in [0.29, 0.717) is 0 Å². The van der Waals surface area contributed by atoms with Gasteiger partial charge in [0, 0.05) is 0 Å². The molecule has 0 N–H and O–H groups in total. The second-order valence-electron chi connectivity index (χ2n) is 3.99. The molecular formula is C12H28. The van der Waals surface area contributed by atoms with Crippen molar-refractivity contribution in [3.05, 3.63) is 0 Å². The predicted octanol–water partition coefficient (Wildman–Crippen LogP) is 4.74. The quantitative estimate of drug-likeness (QED) is 0.536. The van der Waals surface area contributed by atoms with Crippen LogP contribution in [0.1, 0.15) is 61.3 Å². The molecule has 2 atom stereocenters. The van der Waals surface area contributed by atoms with Crippen molar-refractivity contribution in [2.75, 3.05) is 0 Å². The fraction of sp³-hybridized carbons (Fsp3) is 1.00. The summed E-state index contributed by atoms with van der Waals surface area (Å²) in [6.45, 7) is 15.2. The van der Waals surface area contributed by atoms with Crippen molar-refractivity contribution in [1.29, 1.82) is 0 Å². The third-order valence-corrected chi connectivity index (χ3v) is 2.33. The van der Waals surface area contributed by atoms with Crippen molar-refractivity contribution < 1.29 is 0 Å². The summed E-state index contributed by atoms with van der Waals surface area (Å²) >= 11 is 0. The van der Waals surface area contributed by atoms with E-state index in [1.165, 1.54) is 12.8 Å². The molecule has 1 aliphatic rings. The number of rotatable bonds is 1. The molecule has 0 heterocycles. The van der Waals surface area contributed by atoms with E-state index in [2.05, 4.69) is 34.6 Å². The van der Waals surface area contributed by atoms with Gasteiger partial charge in [-0.25, -0.2) is 0 Å². The van der Waals surface area contributed by atoms with Crippen molar-refractivity contribution in [2.45, 2.75) is 61.3 Å². The van der Waals surface area contributed by atoms with Crippen LogP contribution in [-0.2, 0) is 0 Å². The molecule has 1 aliphatic carbocycles. The van der Waals surface area contributed by atoms with Gasteiger partial charge in [-0.1, -0.05) is 54.9 Å². The molecule has 0 heteroatoms. The highest BCUT2D eigenvalue weighted by Gasteiger charge is 2.26. The summed E-state index contributed by atoms with van der Waals surface area (Å²) in [5.41, 5.74) is 0. The highest BCUT2D eigenvalue weighted by molar-refractivity contribution is 4.76. The minimum Gasteiger partial charge on any atom is -0.0683 e. The first kappa shape index (κ1) is 14.5. The van der Waals surface area contributed by atoms with Gasteiger partial charge in [0.05, 0.1) is 0 Å². The highest BCUT2D eigenvalue weighted by Crippen LogP contribution is 2.36. The van der Waals surface area contributed by atoms with E-state index in [0.717, 1.165) is 17.8 Å². The first-order valence-electron chi connectivity index (χ1n) is 5.57. The summed E-state index contributed by atoms with van der Waals surface area (Å²) in [4.78, 5) is 0. The van der Waals surface area contributed by atoms with Crippen molar-refractivity contribution >= 4 is 0 Å². The molecule has 0 amide bonds. The summed E-state index contributed by atoms with van der Waals surface area (Å²) in [6.07, 6.45) is 2.78. The van der Waals surface area contributed by atoms with Gasteiger partial charge in [0.1, 0.15) is 0 Å². The third kappa shape index (κ3) is 12.7. The van der Waals surface area contributed by atoms with Gasteiger partial charge in [-0.05, 0) is 24.2 Å². The van der Waals surface area contributed by atoms with E-state index in [9.17, 15) is 0 Å². The molecule has 0 bridgehead atoms. The van der Waals surface area contributed by atoms with Crippen molar-refractivity contribution in [3.63, 3.8) is 0 Å². The summed E-state index contributed by atoms with van der Waals surface area (Å²) in [5, 5.41) is 0. The Kier molecular flexibility index (Phi) is 11.0. The van der Waals surface area contributed by atoms with Gasteiger partial charge < -0.3 is 0 Å². The van der Waals surface area contributed by atoms with Crippen LogP contribution in [0, 0.1) is 17.8 Å². The monoisotopic (exact) mass is 172 g/mol. The second-order valence-corrected chi connectivity index (χ2v) is 3.99. The topological polar surface area (TPSA) is 0 Å². The van der Waals surface area contributed by atoms with Crippen LogP contribution in [0.3, 0.4) is 0 Å². The van der Waals surface area contributed by atoms with Crippen LogP contribution in [-0.4, -0.2) is 0 Å². The third-order valence-electron chi connectivity index (χ3n) is 2.33. The molecule has 0 saturated heterocycles. The summed E-state index contributed by atoms with van der Waals surface area (Å²) in [6, 6.07) is 0. The summed E-state index contributed by atoms with van der Waals surface area (Å²) in [7, 11) is 0. The maximum Gasteiger partial charge on any atom is -0.0414 e. The van der Waals surface area contributed by atoms with Crippen molar-refractivity contribution in [2.24, 2.45) is 17.8 Å². The average molecular weight is 172 g/mol. The standard InChI is InChI=1S/C5H10.C5H12.C2H6/c1-4-3-5(4)2;1-4-5(2)3;1-2/h4-5H,3H2,1-2H3;5H,4H2,1-3H3;1-2H3. The van der Waals surface area contributed by atoms with E-state index in [1.807, 2.05) is 13.8 Å². The molecule has 1 rings (SSSR count). The lowest BCUT2D eigenvalue weighted by Gasteiger charge is -1.90. The Labute approximate surface area is 79.8 Å². The van der Waals surface area contributed by atoms with Gasteiger partial charge in [0.25, 0.3) is 0 Å². The normalized spacial score (nSPS) is 25.0. The molecular weight excluding hydrogens is 144 g/mol. The molecule has 0 aromatic heterocycles. The van der Waals surface area contributed by atoms with Gasteiger partial charge >= 0.3 is 0 Å². The first-order valence-corrected chi connectivity index (χ1v) is 5.57. The van der Waals surface area contributed by atoms with Crippen LogP contribution >= 0.6 is 0 Å². The summed E-state index contributed by atoms with van der Waals surface area (Å²) < 4.78 is 0. The largest absolute Gasteiger partial charge is 0.0683 e. The fourth-order valence-corrected chi connectivity index (χ4v) is 0.508. The van der Waals surface area contributed by atoms with E-state index in [1.54, 1.807) is 0 Å². The SMILES string of the molecule is CC.CC1CC1C.CCC(C)C. The Hall–Kier alpha value is 0. The fourth-order valence-electron chi connectivity index (χ4n) is 0.508. The van der Waals surface area contributed by atoms with Crippen LogP contribution < -0.4 is 0 Å². The van der Waals surface area contributed by atoms with E-state index < -0.39 is 0 Å². The highest BCUT2D eigenvalue weighted by atomic mass is 14.3. The van der Waals surface area contributed by atoms with Gasteiger partial charge in [0.15, 0.2) is 0 Å². The lowest BCUT2D eigenvalue weighted by Crippen LogP contribution is -1.77. The Morgan fingerprint density at radius 2 is 1.25 bits per heavy atom. The van der Waals surface area contributed by atoms with Crippen LogP contribution in [0.25, 0.3) is 0 Å². The smallest absolute Gasteiger partial charge is 0.0414 e. The molecule has 0 aliphatic heterocycles. The second kappa shape index (κ2) is 9.09. The van der Waals surface area contributed by atoms with Crippen molar-refractivity contribution in [3.8, 4) is 0 Å². The zero-order valence-electron chi connectivity index (χ0n) is 10.1. The molecule has 1 saturated carbocycles. The van der Waals surface area contributed by atoms with Gasteiger partial charge in [-0.15, -0.1) is 0 Å². The van der Waals surface area contributed by atoms with Crippen LogP contribution in [0.2, 0.25) is 0 Å². The molecule has 0 aromatic rings. The lowest BCUT2D eigenvalue weighted by molar-refractivity contribution is 0.626. The van der Waals surface area contributed by atoms with E-state index >= 15 is 0 Å². The Morgan fingerprint density at radius 3 is 1.25 bits per heavy atom. The number of hydrogen-bond acceptors (Lipinski definition) is 0. The van der Waals surface area contributed by atoms with Crippen LogP contribution in [0.5, 0.6) is 0 Å². The minimum absolute atomic E-state index is 0.884. The molecule has 0 spiro atoms. The zero-order valence-corrected chi connectivity index (χ0v) is 10.1. The molecule has 1 fully saturated rings. The molecule has 2 unspecified atom stereocenters. The van der Waals surface area contributed by atoms with Crippen molar-refractivity contribution in [1.82, 2.24) is 0 Å². The molecule has 76 valence electrons. The Morgan fingerprint density at radius 1 is 1.08 bits per heavy atom. The maximum absolute atomic E-state index is 2.30. The minimum atomic E-state index is 0.884. The predicted molar refractivity (Wildman–Crippen MR) is 59.4 cm³/mol. The van der Waals surface area contributed by atoms with Crippen LogP contribution in [0.15, 0.2) is 0 Å². The first-order chi connectivity index (χ1) is 5.57. The average Bonchev–Trinajstić information content (AvgIpc) is 2.70. The molecule has 0 nitrogen and oxygen atoms in total. The molecule has 12 heavy (non-hydrogen) atoms. The van der Waals surface area contributed by atoms with E-state index in [-0.39, 0.29) is 0 Å².